The summed E-state index contributed by atoms with van der Waals surface area (Å²) in [5, 5.41) is 14.8. The number of nitrogens with one attached hydrogen (secondary N) is 1. The summed E-state index contributed by atoms with van der Waals surface area (Å²) in [4.78, 5) is 29.5. The van der Waals surface area contributed by atoms with Gasteiger partial charge >= 0.3 is 5.97 Å². The van der Waals surface area contributed by atoms with E-state index in [0.29, 0.717) is 17.1 Å². The maximum absolute atomic E-state index is 12.1. The van der Waals surface area contributed by atoms with Crippen LogP contribution >= 0.6 is 22.9 Å². The number of carboxylic acids is 1. The minimum atomic E-state index is -0.940. The largest absolute Gasteiger partial charge is 0.481 e. The fourth-order valence-electron chi connectivity index (χ4n) is 2.88. The molecule has 0 spiro atoms. The van der Waals surface area contributed by atoms with Crippen LogP contribution < -0.4 is 10.2 Å². The number of benzene rings is 2. The summed E-state index contributed by atoms with van der Waals surface area (Å²) >= 11 is 7.86. The smallest absolute Gasteiger partial charge is 0.305 e. The van der Waals surface area contributed by atoms with E-state index in [1.165, 1.54) is 0 Å². The van der Waals surface area contributed by atoms with Gasteiger partial charge in [0, 0.05) is 41.2 Å². The van der Waals surface area contributed by atoms with Crippen molar-refractivity contribution in [3.8, 4) is 11.3 Å². The SMILES string of the molecule is CCN(Cc1ccc(C(=O)NCCC(=O)O)cc1)c1nc(-c2ccccc2Cl)cs1. The van der Waals surface area contributed by atoms with Gasteiger partial charge < -0.3 is 15.3 Å². The van der Waals surface area contributed by atoms with Gasteiger partial charge in [-0.3, -0.25) is 9.59 Å². The third-order valence-electron chi connectivity index (χ3n) is 4.51. The number of anilines is 1. The molecule has 0 saturated heterocycles. The molecule has 2 N–H and O–H groups in total. The summed E-state index contributed by atoms with van der Waals surface area (Å²) in [7, 11) is 0. The number of carboxylic acid groups (broad SMARTS) is 1. The molecule has 0 aliphatic rings. The number of hydrogen-bond acceptors (Lipinski definition) is 5. The van der Waals surface area contributed by atoms with Crippen molar-refractivity contribution in [3.63, 3.8) is 0 Å². The molecular weight excluding hydrogens is 422 g/mol. The van der Waals surface area contributed by atoms with Crippen molar-refractivity contribution in [1.29, 1.82) is 0 Å². The van der Waals surface area contributed by atoms with Crippen LogP contribution in [0, 0.1) is 0 Å². The van der Waals surface area contributed by atoms with Gasteiger partial charge in [-0.15, -0.1) is 11.3 Å². The third kappa shape index (κ3) is 5.58. The quantitative estimate of drug-likeness (QED) is 0.501. The molecule has 3 rings (SSSR count). The molecule has 0 fully saturated rings. The predicted molar refractivity (Wildman–Crippen MR) is 120 cm³/mol. The van der Waals surface area contributed by atoms with Crippen LogP contribution in [0.1, 0.15) is 29.3 Å². The molecule has 0 bridgehead atoms. The molecule has 2 aromatic carbocycles. The average molecular weight is 444 g/mol. The van der Waals surface area contributed by atoms with Crippen LogP contribution in [-0.2, 0) is 11.3 Å². The lowest BCUT2D eigenvalue weighted by Gasteiger charge is -2.20. The molecule has 8 heteroatoms. The van der Waals surface area contributed by atoms with Crippen molar-refractivity contribution in [2.24, 2.45) is 0 Å². The van der Waals surface area contributed by atoms with E-state index in [1.54, 1.807) is 23.5 Å². The maximum Gasteiger partial charge on any atom is 0.305 e. The second-order valence-corrected chi connectivity index (χ2v) is 7.85. The van der Waals surface area contributed by atoms with Gasteiger partial charge in [0.25, 0.3) is 5.91 Å². The highest BCUT2D eigenvalue weighted by Crippen LogP contribution is 2.32. The van der Waals surface area contributed by atoms with Crippen LogP contribution in [-0.4, -0.2) is 35.1 Å². The van der Waals surface area contributed by atoms with Crippen LogP contribution in [0.25, 0.3) is 11.3 Å². The van der Waals surface area contributed by atoms with Crippen LogP contribution in [0.5, 0.6) is 0 Å². The third-order valence-corrected chi connectivity index (χ3v) is 5.74. The Bertz CT molecular complexity index is 1020. The highest BCUT2D eigenvalue weighted by Gasteiger charge is 2.13. The van der Waals surface area contributed by atoms with Gasteiger partial charge in [-0.1, -0.05) is 41.9 Å². The number of amides is 1. The lowest BCUT2D eigenvalue weighted by atomic mass is 10.1. The van der Waals surface area contributed by atoms with Gasteiger partial charge in [-0.25, -0.2) is 4.98 Å². The molecule has 0 aliphatic heterocycles. The summed E-state index contributed by atoms with van der Waals surface area (Å²) in [5.41, 5.74) is 3.32. The summed E-state index contributed by atoms with van der Waals surface area (Å²) in [6, 6.07) is 14.9. The normalized spacial score (nSPS) is 10.6. The van der Waals surface area contributed by atoms with E-state index in [0.717, 1.165) is 28.5 Å². The Morgan fingerprint density at radius 1 is 1.17 bits per heavy atom. The highest BCUT2D eigenvalue weighted by atomic mass is 35.5. The highest BCUT2D eigenvalue weighted by molar-refractivity contribution is 7.14. The number of carbonyl (C=O) groups is 2. The number of rotatable bonds is 9. The van der Waals surface area contributed by atoms with Crippen LogP contribution in [0.4, 0.5) is 5.13 Å². The average Bonchev–Trinajstić information content (AvgIpc) is 3.22. The Morgan fingerprint density at radius 3 is 2.57 bits per heavy atom. The Morgan fingerprint density at radius 2 is 1.90 bits per heavy atom. The Hall–Kier alpha value is -2.90. The number of aliphatic carboxylic acids is 1. The Balaban J connectivity index is 1.65. The monoisotopic (exact) mass is 443 g/mol. The van der Waals surface area contributed by atoms with Crippen LogP contribution in [0.3, 0.4) is 0 Å². The molecule has 6 nitrogen and oxygen atoms in total. The molecule has 0 atom stereocenters. The molecule has 156 valence electrons. The number of halogens is 1. The van der Waals surface area contributed by atoms with E-state index >= 15 is 0 Å². The van der Waals surface area contributed by atoms with E-state index in [2.05, 4.69) is 17.1 Å². The summed E-state index contributed by atoms with van der Waals surface area (Å²) in [6.45, 7) is 3.62. The molecule has 0 radical (unpaired) electrons. The topological polar surface area (TPSA) is 82.5 Å². The lowest BCUT2D eigenvalue weighted by Crippen LogP contribution is -2.26. The maximum atomic E-state index is 12.1. The first-order chi connectivity index (χ1) is 14.5. The first-order valence-corrected chi connectivity index (χ1v) is 10.8. The first kappa shape index (κ1) is 21.8. The fourth-order valence-corrected chi connectivity index (χ4v) is 4.01. The molecule has 3 aromatic rings. The van der Waals surface area contributed by atoms with E-state index in [-0.39, 0.29) is 18.9 Å². The van der Waals surface area contributed by atoms with Crippen molar-refractivity contribution in [2.45, 2.75) is 19.9 Å². The standard InChI is InChI=1S/C22H22ClN3O3S/c1-2-26(22-25-19(14-30-22)17-5-3-4-6-18(17)23)13-15-7-9-16(10-8-15)21(29)24-12-11-20(27)28/h3-10,14H,2,11-13H2,1H3,(H,24,29)(H,27,28). The van der Waals surface area contributed by atoms with Gasteiger partial charge in [0.2, 0.25) is 0 Å². The molecule has 1 heterocycles. The minimum absolute atomic E-state index is 0.0979. The van der Waals surface area contributed by atoms with E-state index in [4.69, 9.17) is 21.7 Å². The molecule has 0 aliphatic carbocycles. The van der Waals surface area contributed by atoms with E-state index in [9.17, 15) is 9.59 Å². The van der Waals surface area contributed by atoms with Gasteiger partial charge in [-0.05, 0) is 30.7 Å². The summed E-state index contributed by atoms with van der Waals surface area (Å²) in [6.07, 6.45) is -0.0979. The zero-order valence-electron chi connectivity index (χ0n) is 16.5. The van der Waals surface area contributed by atoms with Gasteiger partial charge in [-0.2, -0.15) is 0 Å². The summed E-state index contributed by atoms with van der Waals surface area (Å²) < 4.78 is 0. The molecule has 0 saturated carbocycles. The Kier molecular flexibility index (Phi) is 7.43. The number of carbonyl (C=O) groups excluding carboxylic acids is 1. The zero-order valence-corrected chi connectivity index (χ0v) is 18.0. The number of hydrogen-bond donors (Lipinski definition) is 2. The first-order valence-electron chi connectivity index (χ1n) is 9.52. The Labute approximate surface area is 184 Å². The van der Waals surface area contributed by atoms with Crippen molar-refractivity contribution >= 4 is 39.9 Å². The lowest BCUT2D eigenvalue weighted by molar-refractivity contribution is -0.136. The molecule has 30 heavy (non-hydrogen) atoms. The predicted octanol–water partition coefficient (Wildman–Crippen LogP) is 4.69. The molecule has 1 aromatic heterocycles. The number of aromatic nitrogens is 1. The van der Waals surface area contributed by atoms with E-state index in [1.807, 2.05) is 41.8 Å². The van der Waals surface area contributed by atoms with Crippen molar-refractivity contribution < 1.29 is 14.7 Å². The second kappa shape index (κ2) is 10.2. The fraction of sp³-hybridized carbons (Fsp3) is 0.227. The molecule has 1 amide bonds. The second-order valence-electron chi connectivity index (χ2n) is 6.61. The minimum Gasteiger partial charge on any atom is -0.481 e. The van der Waals surface area contributed by atoms with Gasteiger partial charge in [0.05, 0.1) is 12.1 Å². The number of nitrogens with zero attached hydrogens (tertiary/aromatic N) is 2. The van der Waals surface area contributed by atoms with Gasteiger partial charge in [0.15, 0.2) is 5.13 Å². The zero-order chi connectivity index (χ0) is 21.5. The van der Waals surface area contributed by atoms with Crippen LogP contribution in [0.15, 0.2) is 53.9 Å². The van der Waals surface area contributed by atoms with Gasteiger partial charge in [0.1, 0.15) is 0 Å². The molecule has 0 unspecified atom stereocenters. The van der Waals surface area contributed by atoms with Crippen molar-refractivity contribution in [2.75, 3.05) is 18.0 Å². The van der Waals surface area contributed by atoms with Crippen molar-refractivity contribution in [1.82, 2.24) is 10.3 Å². The summed E-state index contributed by atoms with van der Waals surface area (Å²) in [5.74, 6) is -1.22. The number of thiazole rings is 1. The van der Waals surface area contributed by atoms with E-state index < -0.39 is 5.97 Å². The molecular formula is C22H22ClN3O3S. The van der Waals surface area contributed by atoms with Crippen LogP contribution in [0.2, 0.25) is 5.02 Å². The van der Waals surface area contributed by atoms with Crippen molar-refractivity contribution in [3.05, 3.63) is 70.1 Å².